The van der Waals surface area contributed by atoms with Gasteiger partial charge in [-0.15, -0.1) is 5.10 Å². The number of ether oxygens (including phenoxy) is 1. The molecule has 0 aliphatic heterocycles. The second-order valence-corrected chi connectivity index (χ2v) is 9.27. The van der Waals surface area contributed by atoms with Crippen LogP contribution in [-0.2, 0) is 17.9 Å². The number of hydrogen-bond acceptors (Lipinski definition) is 7. The van der Waals surface area contributed by atoms with E-state index in [-0.39, 0.29) is 11.3 Å². The molecular weight excluding hydrogens is 496 g/mol. The zero-order valence-electron chi connectivity index (χ0n) is 21.3. The van der Waals surface area contributed by atoms with Crippen molar-refractivity contribution in [2.45, 2.75) is 26.5 Å². The highest BCUT2D eigenvalue weighted by atomic mass is 16.7. The minimum atomic E-state index is -0.495. The quantitative estimate of drug-likeness (QED) is 0.311. The third kappa shape index (κ3) is 4.73. The van der Waals surface area contributed by atoms with E-state index in [2.05, 4.69) is 14.6 Å². The van der Waals surface area contributed by atoms with Crippen molar-refractivity contribution < 1.29 is 14.4 Å². The molecule has 3 aromatic carbocycles. The Hall–Kier alpha value is -4.96. The fourth-order valence-electron chi connectivity index (χ4n) is 4.70. The number of aromatic nitrogens is 5. The van der Waals surface area contributed by atoms with Gasteiger partial charge in [0.2, 0.25) is 0 Å². The van der Waals surface area contributed by atoms with E-state index in [4.69, 9.17) is 20.3 Å². The Labute approximate surface area is 222 Å². The topological polar surface area (TPSA) is 130 Å². The van der Waals surface area contributed by atoms with E-state index in [1.807, 2.05) is 54.7 Å². The van der Waals surface area contributed by atoms with Gasteiger partial charge in [-0.1, -0.05) is 35.2 Å². The van der Waals surface area contributed by atoms with Crippen molar-refractivity contribution >= 4 is 38.8 Å². The molecule has 0 aliphatic carbocycles. The maximum Gasteiger partial charge on any atom is 0.331 e. The first-order valence-corrected chi connectivity index (χ1v) is 12.6. The van der Waals surface area contributed by atoms with Crippen molar-refractivity contribution in [3.05, 3.63) is 89.0 Å². The molecule has 0 unspecified atom stereocenters. The van der Waals surface area contributed by atoms with Gasteiger partial charge in [0.05, 0.1) is 17.2 Å². The Balaban J connectivity index is 1.47. The van der Waals surface area contributed by atoms with Crippen LogP contribution >= 0.6 is 0 Å². The van der Waals surface area contributed by atoms with Crippen LogP contribution in [0.3, 0.4) is 0 Å². The lowest BCUT2D eigenvalue weighted by molar-refractivity contribution is -0.142. The molecule has 0 atom stereocenters. The van der Waals surface area contributed by atoms with Crippen LogP contribution in [0.2, 0.25) is 0 Å². The first-order valence-electron chi connectivity index (χ1n) is 12.6. The van der Waals surface area contributed by atoms with E-state index in [9.17, 15) is 9.59 Å². The Morgan fingerprint density at radius 2 is 1.92 bits per heavy atom. The van der Waals surface area contributed by atoms with Crippen molar-refractivity contribution in [3.8, 4) is 17.0 Å². The molecule has 196 valence electrons. The predicted molar refractivity (Wildman–Crippen MR) is 148 cm³/mol. The van der Waals surface area contributed by atoms with Gasteiger partial charge in [0.25, 0.3) is 5.56 Å². The second-order valence-electron chi connectivity index (χ2n) is 9.27. The Morgan fingerprint density at radius 1 is 1.08 bits per heavy atom. The predicted octanol–water partition coefficient (Wildman–Crippen LogP) is 3.80. The van der Waals surface area contributed by atoms with Crippen LogP contribution in [0.4, 0.5) is 0 Å². The number of rotatable bonds is 8. The first kappa shape index (κ1) is 24.4. The van der Waals surface area contributed by atoms with E-state index in [1.54, 1.807) is 18.3 Å². The van der Waals surface area contributed by atoms with Crippen LogP contribution in [0, 0.1) is 0 Å². The fourth-order valence-corrected chi connectivity index (χ4v) is 4.70. The van der Waals surface area contributed by atoms with Crippen LogP contribution in [-0.4, -0.2) is 37.0 Å². The van der Waals surface area contributed by atoms with Gasteiger partial charge < -0.3 is 24.9 Å². The van der Waals surface area contributed by atoms with Gasteiger partial charge >= 0.3 is 5.97 Å². The smallest absolute Gasteiger partial charge is 0.331 e. The average molecular weight is 523 g/mol. The van der Waals surface area contributed by atoms with E-state index in [0.717, 1.165) is 27.7 Å². The van der Waals surface area contributed by atoms with Crippen LogP contribution in [0.5, 0.6) is 5.75 Å². The summed E-state index contributed by atoms with van der Waals surface area (Å²) in [4.78, 5) is 38.8. The number of nitrogens with two attached hydrogens (primary N) is 1. The number of nitrogens with one attached hydrogen (secondary N) is 1. The van der Waals surface area contributed by atoms with Gasteiger partial charge in [-0.25, -0.2) is 9.78 Å². The molecule has 39 heavy (non-hydrogen) atoms. The second kappa shape index (κ2) is 10.1. The Kier molecular flexibility index (Phi) is 6.29. The van der Waals surface area contributed by atoms with E-state index >= 15 is 0 Å². The number of aromatic amines is 1. The monoisotopic (exact) mass is 522 g/mol. The maximum atomic E-state index is 13.3. The van der Waals surface area contributed by atoms with Gasteiger partial charge in [0.1, 0.15) is 23.6 Å². The third-order valence-electron chi connectivity index (χ3n) is 6.52. The van der Waals surface area contributed by atoms with Crippen molar-refractivity contribution in [2.24, 2.45) is 5.73 Å². The average Bonchev–Trinajstić information content (AvgIpc) is 3.49. The van der Waals surface area contributed by atoms with Crippen LogP contribution in [0.25, 0.3) is 44.1 Å². The summed E-state index contributed by atoms with van der Waals surface area (Å²) in [7, 11) is 0. The van der Waals surface area contributed by atoms with E-state index < -0.39 is 5.97 Å². The van der Waals surface area contributed by atoms with Gasteiger partial charge in [-0.2, -0.15) is 0 Å². The van der Waals surface area contributed by atoms with E-state index in [0.29, 0.717) is 52.9 Å². The molecule has 0 fully saturated rings. The van der Waals surface area contributed by atoms with Crippen molar-refractivity contribution in [1.82, 2.24) is 24.5 Å². The molecule has 6 aromatic rings. The van der Waals surface area contributed by atoms with Crippen molar-refractivity contribution in [2.75, 3.05) is 6.54 Å². The normalized spacial score (nSPS) is 11.4. The van der Waals surface area contributed by atoms with Crippen molar-refractivity contribution in [1.29, 1.82) is 0 Å². The highest BCUT2D eigenvalue weighted by molar-refractivity contribution is 5.98. The molecule has 3 aromatic heterocycles. The van der Waals surface area contributed by atoms with Crippen LogP contribution < -0.4 is 20.9 Å². The molecule has 10 nitrogen and oxygen atoms in total. The van der Waals surface area contributed by atoms with Gasteiger partial charge in [0, 0.05) is 41.5 Å². The minimum absolute atomic E-state index is 0.275. The lowest BCUT2D eigenvalue weighted by Gasteiger charge is -2.08. The molecule has 0 saturated heterocycles. The minimum Gasteiger partial charge on any atom is -0.489 e. The van der Waals surface area contributed by atoms with Gasteiger partial charge in [-0.05, 0) is 48.9 Å². The lowest BCUT2D eigenvalue weighted by atomic mass is 10.1. The third-order valence-corrected chi connectivity index (χ3v) is 6.52. The molecule has 0 spiro atoms. The molecule has 0 amide bonds. The largest absolute Gasteiger partial charge is 0.489 e. The number of benzene rings is 3. The highest BCUT2D eigenvalue weighted by Gasteiger charge is 2.18. The summed E-state index contributed by atoms with van der Waals surface area (Å²) in [5, 5.41) is 5.66. The standard InChI is InChI=1S/C29H26N6O4/c1-18(36)39-35-27-14-25-24(12-20(27)15-31-35)33-29(37)28(32-25)23-16-34(11-5-10-30)26-9-8-21(13-22(23)26)38-17-19-6-3-2-4-7-19/h2-4,6-9,12-16H,5,10-11,17,30H2,1H3,(H,33,37). The molecule has 3 heterocycles. The summed E-state index contributed by atoms with van der Waals surface area (Å²) >= 11 is 0. The lowest BCUT2D eigenvalue weighted by Crippen LogP contribution is -2.17. The van der Waals surface area contributed by atoms with E-state index in [1.165, 1.54) is 6.92 Å². The number of aryl methyl sites for hydroxylation is 1. The number of H-pyrrole nitrogens is 1. The number of nitrogens with zero attached hydrogens (tertiary/aromatic N) is 4. The highest BCUT2D eigenvalue weighted by Crippen LogP contribution is 2.32. The summed E-state index contributed by atoms with van der Waals surface area (Å²) in [5.41, 5.74) is 10.1. The fraction of sp³-hybridized carbons (Fsp3) is 0.172. The van der Waals surface area contributed by atoms with Crippen molar-refractivity contribution in [3.63, 3.8) is 0 Å². The number of hydrogen-bond donors (Lipinski definition) is 2. The number of carbonyl (C=O) groups is 1. The maximum absolute atomic E-state index is 13.3. The molecule has 0 aliphatic rings. The molecule has 6 rings (SSSR count). The zero-order valence-corrected chi connectivity index (χ0v) is 21.3. The molecule has 0 radical (unpaired) electrons. The van der Waals surface area contributed by atoms with Gasteiger partial charge in [0.15, 0.2) is 0 Å². The SMILES string of the molecule is CC(=O)On1ncc2cc3[nH]c(=O)c(-c4cn(CCCN)c5ccc(OCc6ccccc6)cc45)nc3cc21. The summed E-state index contributed by atoms with van der Waals surface area (Å²) in [6, 6.07) is 19.3. The summed E-state index contributed by atoms with van der Waals surface area (Å²) in [6.45, 7) is 2.98. The molecule has 3 N–H and O–H groups in total. The first-order chi connectivity index (χ1) is 19.0. The molecule has 0 saturated carbocycles. The molecule has 10 heteroatoms. The molecular formula is C29H26N6O4. The van der Waals surface area contributed by atoms with Crippen LogP contribution in [0.15, 0.2) is 77.9 Å². The van der Waals surface area contributed by atoms with Gasteiger partial charge in [-0.3, -0.25) is 4.79 Å². The Bertz CT molecular complexity index is 1890. The number of carbonyl (C=O) groups excluding carboxylic acids is 1. The molecule has 0 bridgehead atoms. The Morgan fingerprint density at radius 3 is 2.72 bits per heavy atom. The summed E-state index contributed by atoms with van der Waals surface area (Å²) in [6.07, 6.45) is 4.29. The van der Waals surface area contributed by atoms with Crippen LogP contribution in [0.1, 0.15) is 18.9 Å². The number of fused-ring (bicyclic) bond motifs is 3. The summed E-state index contributed by atoms with van der Waals surface area (Å²) < 4.78 is 8.17. The zero-order chi connectivity index (χ0) is 26.9. The summed E-state index contributed by atoms with van der Waals surface area (Å²) in [5.74, 6) is 0.194.